The zero-order valence-corrected chi connectivity index (χ0v) is 15.5. The molecule has 6 rings (SSSR count). The van der Waals surface area contributed by atoms with Crippen molar-refractivity contribution in [1.29, 1.82) is 0 Å². The first-order chi connectivity index (χ1) is 12.5. The minimum atomic E-state index is -0.248. The second-order valence-electron chi connectivity index (χ2n) is 9.16. The van der Waals surface area contributed by atoms with Crippen LogP contribution >= 0.6 is 0 Å². The lowest BCUT2D eigenvalue weighted by Crippen LogP contribution is -2.58. The first-order valence-corrected chi connectivity index (χ1v) is 9.78. The predicted molar refractivity (Wildman–Crippen MR) is 99.8 cm³/mol. The van der Waals surface area contributed by atoms with E-state index in [1.807, 2.05) is 6.92 Å². The Bertz CT molecular complexity index is 837. The summed E-state index contributed by atoms with van der Waals surface area (Å²) in [5.41, 5.74) is 2.66. The van der Waals surface area contributed by atoms with Crippen molar-refractivity contribution in [1.82, 2.24) is 5.16 Å². The number of amides is 1. The minimum absolute atomic E-state index is 0.149. The third kappa shape index (κ3) is 2.42. The van der Waals surface area contributed by atoms with Crippen LogP contribution in [0.15, 0.2) is 34.9 Å². The van der Waals surface area contributed by atoms with Crippen molar-refractivity contribution in [3.63, 3.8) is 0 Å². The fourth-order valence-electron chi connectivity index (χ4n) is 6.45. The molecule has 136 valence electrons. The van der Waals surface area contributed by atoms with Gasteiger partial charge in [-0.3, -0.25) is 4.79 Å². The van der Waals surface area contributed by atoms with Crippen LogP contribution in [0, 0.1) is 31.1 Å². The highest BCUT2D eigenvalue weighted by Crippen LogP contribution is 2.65. The largest absolute Gasteiger partial charge is 0.360 e. The molecule has 2 atom stereocenters. The summed E-state index contributed by atoms with van der Waals surface area (Å²) in [6.07, 6.45) is 6.80. The number of nitrogens with zero attached hydrogens (tertiary/aromatic N) is 1. The van der Waals surface area contributed by atoms with Gasteiger partial charge in [0.05, 0.1) is 5.41 Å². The van der Waals surface area contributed by atoms with Gasteiger partial charge in [-0.15, -0.1) is 0 Å². The van der Waals surface area contributed by atoms with Crippen molar-refractivity contribution in [2.24, 2.45) is 17.3 Å². The summed E-state index contributed by atoms with van der Waals surface area (Å²) in [6.45, 7) is 3.98. The van der Waals surface area contributed by atoms with Gasteiger partial charge in [0.2, 0.25) is 5.91 Å². The zero-order chi connectivity index (χ0) is 17.9. The monoisotopic (exact) mass is 350 g/mol. The lowest BCUT2D eigenvalue weighted by Gasteiger charge is -2.61. The standard InChI is InChI=1S/C22H26N2O2/c1-14-3-5-18(6-4-14)21-9-16-8-17(10-21)12-22(11-16,13-21)20(25)23-19-7-15(2)26-24-19/h3-7,16-17H,8-13H2,1-2H3,(H,23,24,25)/t16-,17-,21?,22?/m0/s1. The first-order valence-electron chi connectivity index (χ1n) is 9.78. The number of hydrogen-bond acceptors (Lipinski definition) is 3. The zero-order valence-electron chi connectivity index (χ0n) is 15.5. The highest BCUT2D eigenvalue weighted by Gasteiger charge is 2.60. The number of nitrogens with one attached hydrogen (secondary N) is 1. The van der Waals surface area contributed by atoms with Gasteiger partial charge in [0.1, 0.15) is 5.76 Å². The average Bonchev–Trinajstić information content (AvgIpc) is 2.99. The molecule has 1 aromatic carbocycles. The minimum Gasteiger partial charge on any atom is -0.360 e. The molecule has 26 heavy (non-hydrogen) atoms. The molecule has 0 saturated heterocycles. The fourth-order valence-corrected chi connectivity index (χ4v) is 6.45. The van der Waals surface area contributed by atoms with Gasteiger partial charge in [0, 0.05) is 6.07 Å². The van der Waals surface area contributed by atoms with Crippen LogP contribution in [0.1, 0.15) is 55.4 Å². The molecule has 4 saturated carbocycles. The molecule has 0 radical (unpaired) electrons. The van der Waals surface area contributed by atoms with E-state index in [9.17, 15) is 4.79 Å². The molecular formula is C22H26N2O2. The average molecular weight is 350 g/mol. The molecule has 0 aliphatic heterocycles. The number of aryl methyl sites for hydroxylation is 2. The van der Waals surface area contributed by atoms with E-state index in [0.29, 0.717) is 17.7 Å². The van der Waals surface area contributed by atoms with Crippen molar-refractivity contribution in [2.75, 3.05) is 5.32 Å². The Morgan fingerprint density at radius 2 is 1.81 bits per heavy atom. The molecule has 1 heterocycles. The molecule has 4 nitrogen and oxygen atoms in total. The maximum absolute atomic E-state index is 13.3. The van der Waals surface area contributed by atoms with Gasteiger partial charge in [0.15, 0.2) is 5.82 Å². The Kier molecular flexibility index (Phi) is 3.37. The van der Waals surface area contributed by atoms with Crippen LogP contribution in [-0.2, 0) is 10.2 Å². The second kappa shape index (κ2) is 5.45. The summed E-state index contributed by atoms with van der Waals surface area (Å²) in [5, 5.41) is 7.02. The number of aromatic nitrogens is 1. The Labute approximate surface area is 154 Å². The van der Waals surface area contributed by atoms with Gasteiger partial charge in [-0.25, -0.2) is 0 Å². The van der Waals surface area contributed by atoms with E-state index in [0.717, 1.165) is 25.0 Å². The van der Waals surface area contributed by atoms with Gasteiger partial charge in [-0.05, 0) is 75.2 Å². The molecule has 4 fully saturated rings. The quantitative estimate of drug-likeness (QED) is 0.867. The molecule has 1 aromatic heterocycles. The lowest BCUT2D eigenvalue weighted by atomic mass is 9.42. The van der Waals surface area contributed by atoms with E-state index in [-0.39, 0.29) is 16.7 Å². The van der Waals surface area contributed by atoms with Gasteiger partial charge >= 0.3 is 0 Å². The molecule has 1 amide bonds. The number of rotatable bonds is 3. The highest BCUT2D eigenvalue weighted by molar-refractivity contribution is 5.95. The Morgan fingerprint density at radius 3 is 2.42 bits per heavy atom. The van der Waals surface area contributed by atoms with Crippen LogP contribution in [0.25, 0.3) is 0 Å². The molecule has 4 aliphatic carbocycles. The van der Waals surface area contributed by atoms with Gasteiger partial charge in [0.25, 0.3) is 0 Å². The summed E-state index contributed by atoms with van der Waals surface area (Å²) in [5.74, 6) is 2.76. The number of anilines is 1. The predicted octanol–water partition coefficient (Wildman–Crippen LogP) is 4.77. The molecule has 4 heteroatoms. The maximum atomic E-state index is 13.3. The lowest BCUT2D eigenvalue weighted by molar-refractivity contribution is -0.143. The van der Waals surface area contributed by atoms with Crippen molar-refractivity contribution in [3.05, 3.63) is 47.2 Å². The normalized spacial score (nSPS) is 34.8. The fraction of sp³-hybridized carbons (Fsp3) is 0.545. The Balaban J connectivity index is 1.48. The second-order valence-corrected chi connectivity index (χ2v) is 9.16. The molecule has 1 N–H and O–H groups in total. The molecule has 2 aromatic rings. The van der Waals surface area contributed by atoms with Crippen molar-refractivity contribution in [3.8, 4) is 0 Å². The molecule has 4 bridgehead atoms. The number of hydrogen-bond donors (Lipinski definition) is 1. The number of benzene rings is 1. The van der Waals surface area contributed by atoms with Crippen molar-refractivity contribution < 1.29 is 9.32 Å². The third-order valence-corrected chi connectivity index (χ3v) is 7.08. The molecule has 0 spiro atoms. The van der Waals surface area contributed by atoms with E-state index in [1.165, 1.54) is 30.4 Å². The first kappa shape index (κ1) is 16.1. The number of carbonyl (C=O) groups excluding carboxylic acids is 1. The van der Waals surface area contributed by atoms with Crippen LogP contribution in [0.3, 0.4) is 0 Å². The smallest absolute Gasteiger partial charge is 0.231 e. The summed E-state index contributed by atoms with van der Waals surface area (Å²) in [4.78, 5) is 13.3. The van der Waals surface area contributed by atoms with Crippen LogP contribution in [0.2, 0.25) is 0 Å². The van der Waals surface area contributed by atoms with E-state index in [1.54, 1.807) is 6.07 Å². The van der Waals surface area contributed by atoms with Crippen LogP contribution in [-0.4, -0.2) is 11.1 Å². The maximum Gasteiger partial charge on any atom is 0.231 e. The SMILES string of the molecule is Cc1ccc(C23C[C@@H]4C[C@H](CC(C(=O)Nc5cc(C)on5)(C4)C2)C3)cc1. The summed E-state index contributed by atoms with van der Waals surface area (Å²) >= 11 is 0. The number of carbonyl (C=O) groups is 1. The Morgan fingerprint density at radius 1 is 1.12 bits per heavy atom. The highest BCUT2D eigenvalue weighted by atomic mass is 16.5. The van der Waals surface area contributed by atoms with Crippen molar-refractivity contribution in [2.45, 2.75) is 57.8 Å². The Hall–Kier alpha value is -2.10. The van der Waals surface area contributed by atoms with Gasteiger partial charge < -0.3 is 9.84 Å². The summed E-state index contributed by atoms with van der Waals surface area (Å²) in [7, 11) is 0. The van der Waals surface area contributed by atoms with Gasteiger partial charge in [-0.2, -0.15) is 0 Å². The van der Waals surface area contributed by atoms with E-state index < -0.39 is 0 Å². The van der Waals surface area contributed by atoms with Crippen LogP contribution < -0.4 is 5.32 Å². The van der Waals surface area contributed by atoms with E-state index in [4.69, 9.17) is 4.52 Å². The molecule has 0 unspecified atom stereocenters. The topological polar surface area (TPSA) is 55.1 Å². The summed E-state index contributed by atoms with van der Waals surface area (Å²) in [6, 6.07) is 10.8. The van der Waals surface area contributed by atoms with Gasteiger partial charge in [-0.1, -0.05) is 35.0 Å². The van der Waals surface area contributed by atoms with Crippen LogP contribution in [0.4, 0.5) is 5.82 Å². The van der Waals surface area contributed by atoms with Crippen LogP contribution in [0.5, 0.6) is 0 Å². The van der Waals surface area contributed by atoms with Crippen molar-refractivity contribution >= 4 is 11.7 Å². The molecular weight excluding hydrogens is 324 g/mol. The third-order valence-electron chi connectivity index (χ3n) is 7.08. The van der Waals surface area contributed by atoms with E-state index >= 15 is 0 Å². The molecule has 4 aliphatic rings. The van der Waals surface area contributed by atoms with E-state index in [2.05, 4.69) is 41.7 Å². The summed E-state index contributed by atoms with van der Waals surface area (Å²) < 4.78 is 5.12.